The van der Waals surface area contributed by atoms with Crippen LogP contribution >= 0.6 is 23.4 Å². The van der Waals surface area contributed by atoms with E-state index in [0.717, 1.165) is 12.3 Å². The van der Waals surface area contributed by atoms with Gasteiger partial charge in [-0.15, -0.1) is 0 Å². The standard InChI is InChI=1S/C15H18ClFN4O2S/c1-4-20(15(22)10(2)9-24-3)13-8-21(18-14(13)16)12-5-11(17)6-19(23)7-12/h5-8,10H,4,9H2,1-3H3. The van der Waals surface area contributed by atoms with Gasteiger partial charge in [-0.1, -0.05) is 18.5 Å². The predicted molar refractivity (Wildman–Crippen MR) is 93.1 cm³/mol. The molecule has 130 valence electrons. The molecule has 0 N–H and O–H groups in total. The summed E-state index contributed by atoms with van der Waals surface area (Å²) in [5, 5.41) is 15.6. The Bertz CT molecular complexity index is 720. The molecule has 0 aromatic carbocycles. The Morgan fingerprint density at radius 3 is 2.88 bits per heavy atom. The van der Waals surface area contributed by atoms with Gasteiger partial charge in [-0.2, -0.15) is 21.6 Å². The van der Waals surface area contributed by atoms with Gasteiger partial charge in [-0.05, 0) is 13.2 Å². The first-order chi connectivity index (χ1) is 11.4. The smallest absolute Gasteiger partial charge is 0.230 e. The van der Waals surface area contributed by atoms with Crippen molar-refractivity contribution in [2.24, 2.45) is 5.92 Å². The largest absolute Gasteiger partial charge is 0.619 e. The second kappa shape index (κ2) is 7.85. The lowest BCUT2D eigenvalue weighted by Gasteiger charge is -2.23. The Kier molecular flexibility index (Phi) is 6.06. The Morgan fingerprint density at radius 1 is 1.58 bits per heavy atom. The highest BCUT2D eigenvalue weighted by molar-refractivity contribution is 7.98. The lowest BCUT2D eigenvalue weighted by atomic mass is 10.2. The number of hydrogen-bond donors (Lipinski definition) is 0. The highest BCUT2D eigenvalue weighted by Crippen LogP contribution is 2.27. The summed E-state index contributed by atoms with van der Waals surface area (Å²) in [5.74, 6) is -0.224. The molecular weight excluding hydrogens is 355 g/mol. The average Bonchev–Trinajstić information content (AvgIpc) is 2.89. The molecule has 1 amide bonds. The molecule has 0 saturated carbocycles. The average molecular weight is 373 g/mol. The zero-order valence-corrected chi connectivity index (χ0v) is 15.1. The molecule has 2 heterocycles. The van der Waals surface area contributed by atoms with E-state index in [1.165, 1.54) is 22.0 Å². The molecule has 2 aromatic rings. The van der Waals surface area contributed by atoms with Crippen molar-refractivity contribution >= 4 is 35.0 Å². The second-order valence-electron chi connectivity index (χ2n) is 5.26. The SMILES string of the molecule is CCN(C(=O)C(C)CSC)c1cn(-c2cc(F)c[n+]([O-])c2)nc1Cl. The predicted octanol–water partition coefficient (Wildman–Crippen LogP) is 2.65. The number of amides is 1. The van der Waals surface area contributed by atoms with Crippen LogP contribution in [0.2, 0.25) is 5.15 Å². The first-order valence-electron chi connectivity index (χ1n) is 7.32. The van der Waals surface area contributed by atoms with Crippen LogP contribution < -0.4 is 9.63 Å². The van der Waals surface area contributed by atoms with Crippen LogP contribution in [-0.4, -0.2) is 34.2 Å². The number of carbonyl (C=O) groups excluding carboxylic acids is 1. The summed E-state index contributed by atoms with van der Waals surface area (Å²) >= 11 is 7.75. The molecule has 0 aliphatic carbocycles. The summed E-state index contributed by atoms with van der Waals surface area (Å²) in [6.45, 7) is 4.12. The van der Waals surface area contributed by atoms with Crippen molar-refractivity contribution in [3.05, 3.63) is 40.8 Å². The van der Waals surface area contributed by atoms with Gasteiger partial charge in [-0.3, -0.25) is 4.79 Å². The number of pyridine rings is 1. The molecule has 0 aliphatic heterocycles. The number of nitrogens with zero attached hydrogens (tertiary/aromatic N) is 4. The van der Waals surface area contributed by atoms with Crippen molar-refractivity contribution in [2.75, 3.05) is 23.5 Å². The zero-order chi connectivity index (χ0) is 17.9. The van der Waals surface area contributed by atoms with Crippen LogP contribution in [0.1, 0.15) is 13.8 Å². The van der Waals surface area contributed by atoms with E-state index in [1.807, 2.05) is 20.1 Å². The Labute approximate surface area is 148 Å². The van der Waals surface area contributed by atoms with Crippen molar-refractivity contribution in [1.82, 2.24) is 9.78 Å². The zero-order valence-electron chi connectivity index (χ0n) is 13.6. The highest BCUT2D eigenvalue weighted by Gasteiger charge is 2.24. The molecule has 0 bridgehead atoms. The van der Waals surface area contributed by atoms with E-state index >= 15 is 0 Å². The number of carbonyl (C=O) groups is 1. The van der Waals surface area contributed by atoms with Gasteiger partial charge in [0.1, 0.15) is 11.4 Å². The van der Waals surface area contributed by atoms with Crippen LogP contribution in [-0.2, 0) is 4.79 Å². The molecule has 1 atom stereocenters. The summed E-state index contributed by atoms with van der Waals surface area (Å²) in [5.41, 5.74) is 0.651. The quantitative estimate of drug-likeness (QED) is 0.577. The fourth-order valence-electron chi connectivity index (χ4n) is 2.32. The Morgan fingerprint density at radius 2 is 2.29 bits per heavy atom. The summed E-state index contributed by atoms with van der Waals surface area (Å²) in [7, 11) is 0. The van der Waals surface area contributed by atoms with Gasteiger partial charge < -0.3 is 10.1 Å². The summed E-state index contributed by atoms with van der Waals surface area (Å²) in [6, 6.07) is 1.16. The van der Waals surface area contributed by atoms with Gasteiger partial charge >= 0.3 is 0 Å². The van der Waals surface area contributed by atoms with Gasteiger partial charge in [0, 0.05) is 24.3 Å². The van der Waals surface area contributed by atoms with Crippen LogP contribution in [0, 0.1) is 16.9 Å². The Hall–Kier alpha value is -1.80. The molecule has 0 spiro atoms. The maximum Gasteiger partial charge on any atom is 0.230 e. The van der Waals surface area contributed by atoms with E-state index < -0.39 is 5.82 Å². The molecule has 6 nitrogen and oxygen atoms in total. The third-order valence-electron chi connectivity index (χ3n) is 3.42. The highest BCUT2D eigenvalue weighted by atomic mass is 35.5. The van der Waals surface area contributed by atoms with Crippen LogP contribution in [0.4, 0.5) is 10.1 Å². The number of thioether (sulfide) groups is 1. The third-order valence-corrected chi connectivity index (χ3v) is 4.53. The Balaban J connectivity index is 2.37. The number of halogens is 2. The minimum atomic E-state index is -0.687. The molecule has 24 heavy (non-hydrogen) atoms. The van der Waals surface area contributed by atoms with Gasteiger partial charge in [0.2, 0.25) is 18.3 Å². The molecule has 0 radical (unpaired) electrons. The number of hydrogen-bond acceptors (Lipinski definition) is 4. The molecule has 0 aliphatic rings. The van der Waals surface area contributed by atoms with Gasteiger partial charge in [0.05, 0.1) is 6.20 Å². The van der Waals surface area contributed by atoms with Gasteiger partial charge in [-0.25, -0.2) is 9.07 Å². The fourth-order valence-corrected chi connectivity index (χ4v) is 3.19. The fraction of sp³-hybridized carbons (Fsp3) is 0.400. The maximum atomic E-state index is 13.4. The molecule has 0 saturated heterocycles. The van der Waals surface area contributed by atoms with Crippen LogP contribution in [0.25, 0.3) is 5.69 Å². The van der Waals surface area contributed by atoms with Crippen molar-refractivity contribution < 1.29 is 13.9 Å². The van der Waals surface area contributed by atoms with Crippen LogP contribution in [0.15, 0.2) is 24.7 Å². The van der Waals surface area contributed by atoms with Crippen LogP contribution in [0.5, 0.6) is 0 Å². The molecule has 9 heteroatoms. The molecular formula is C15H18ClFN4O2S. The minimum absolute atomic E-state index is 0.0635. The van der Waals surface area contributed by atoms with Crippen molar-refractivity contribution in [1.29, 1.82) is 0 Å². The molecule has 2 aromatic heterocycles. The number of rotatable bonds is 6. The maximum absolute atomic E-state index is 13.4. The topological polar surface area (TPSA) is 65.1 Å². The third kappa shape index (κ3) is 3.99. The summed E-state index contributed by atoms with van der Waals surface area (Å²) in [6.07, 6.45) is 5.43. The van der Waals surface area contributed by atoms with Crippen molar-refractivity contribution in [3.63, 3.8) is 0 Å². The number of anilines is 1. The van der Waals surface area contributed by atoms with E-state index in [9.17, 15) is 14.4 Å². The first kappa shape index (κ1) is 18.5. The normalized spacial score (nSPS) is 12.2. The van der Waals surface area contributed by atoms with E-state index in [0.29, 0.717) is 22.7 Å². The first-order valence-corrected chi connectivity index (χ1v) is 9.09. The second-order valence-corrected chi connectivity index (χ2v) is 6.53. The number of aromatic nitrogens is 3. The summed E-state index contributed by atoms with van der Waals surface area (Å²) < 4.78 is 15.0. The van der Waals surface area contributed by atoms with E-state index in [1.54, 1.807) is 11.8 Å². The van der Waals surface area contributed by atoms with Gasteiger partial charge in [0.25, 0.3) is 0 Å². The lowest BCUT2D eigenvalue weighted by Crippen LogP contribution is -2.36. The van der Waals surface area contributed by atoms with Crippen LogP contribution in [0.3, 0.4) is 0 Å². The molecule has 0 fully saturated rings. The molecule has 1 unspecified atom stereocenters. The molecule has 2 rings (SSSR count). The summed E-state index contributed by atoms with van der Waals surface area (Å²) in [4.78, 5) is 14.1. The van der Waals surface area contributed by atoms with E-state index in [-0.39, 0.29) is 22.7 Å². The monoisotopic (exact) mass is 372 g/mol. The lowest BCUT2D eigenvalue weighted by molar-refractivity contribution is -0.606. The van der Waals surface area contributed by atoms with Gasteiger partial charge in [0.15, 0.2) is 11.0 Å². The van der Waals surface area contributed by atoms with E-state index in [4.69, 9.17) is 11.6 Å². The minimum Gasteiger partial charge on any atom is -0.619 e. The van der Waals surface area contributed by atoms with E-state index in [2.05, 4.69) is 5.10 Å². The van der Waals surface area contributed by atoms with Crippen molar-refractivity contribution in [2.45, 2.75) is 13.8 Å². The van der Waals surface area contributed by atoms with Crippen molar-refractivity contribution in [3.8, 4) is 5.69 Å².